The predicted octanol–water partition coefficient (Wildman–Crippen LogP) is 2.52. The molecule has 158 valence electrons. The number of hydrogen-bond acceptors (Lipinski definition) is 5. The first-order chi connectivity index (χ1) is 15.0. The van der Waals surface area contributed by atoms with Crippen LogP contribution in [0, 0.1) is 17.2 Å². The van der Waals surface area contributed by atoms with Crippen LogP contribution >= 0.6 is 0 Å². The first-order valence-corrected chi connectivity index (χ1v) is 10.3. The van der Waals surface area contributed by atoms with Gasteiger partial charge >= 0.3 is 5.76 Å². The molecular formula is C24H24N4O3. The van der Waals surface area contributed by atoms with Gasteiger partial charge in [0.25, 0.3) is 0 Å². The molecule has 0 bridgehead atoms. The van der Waals surface area contributed by atoms with Gasteiger partial charge < -0.3 is 15.1 Å². The molecule has 1 amide bonds. The molecule has 2 N–H and O–H groups in total. The van der Waals surface area contributed by atoms with Crippen molar-refractivity contribution < 1.29 is 9.21 Å². The normalized spacial score (nSPS) is 17.1. The van der Waals surface area contributed by atoms with Gasteiger partial charge in [0.1, 0.15) is 6.04 Å². The number of nitrogens with one attached hydrogen (secondary N) is 2. The van der Waals surface area contributed by atoms with E-state index in [2.05, 4.69) is 16.7 Å². The van der Waals surface area contributed by atoms with Crippen LogP contribution in [0.5, 0.6) is 0 Å². The van der Waals surface area contributed by atoms with Gasteiger partial charge in [-0.15, -0.1) is 0 Å². The molecule has 1 aliphatic heterocycles. The van der Waals surface area contributed by atoms with E-state index in [9.17, 15) is 14.9 Å². The summed E-state index contributed by atoms with van der Waals surface area (Å²) >= 11 is 0. The molecule has 1 aromatic heterocycles. The lowest BCUT2D eigenvalue weighted by molar-refractivity contribution is -0.125. The van der Waals surface area contributed by atoms with Crippen molar-refractivity contribution in [3.8, 4) is 17.2 Å². The third kappa shape index (κ3) is 4.60. The van der Waals surface area contributed by atoms with Crippen molar-refractivity contribution in [3.63, 3.8) is 0 Å². The minimum Gasteiger partial charge on any atom is -0.408 e. The van der Waals surface area contributed by atoms with E-state index in [4.69, 9.17) is 4.42 Å². The molecule has 0 fully saturated rings. The lowest BCUT2D eigenvalue weighted by Gasteiger charge is -2.17. The van der Waals surface area contributed by atoms with Crippen molar-refractivity contribution in [2.45, 2.75) is 18.9 Å². The van der Waals surface area contributed by atoms with Gasteiger partial charge in [0.05, 0.1) is 17.5 Å². The summed E-state index contributed by atoms with van der Waals surface area (Å²) in [7, 11) is 1.68. The molecule has 2 atom stereocenters. The van der Waals surface area contributed by atoms with E-state index in [1.807, 2.05) is 48.6 Å². The van der Waals surface area contributed by atoms with Gasteiger partial charge in [0, 0.05) is 26.6 Å². The maximum Gasteiger partial charge on any atom is 0.419 e. The van der Waals surface area contributed by atoms with E-state index in [1.165, 1.54) is 4.57 Å². The number of benzene rings is 2. The Kier molecular flexibility index (Phi) is 6.01. The Morgan fingerprint density at radius 1 is 1.26 bits per heavy atom. The summed E-state index contributed by atoms with van der Waals surface area (Å²) < 4.78 is 6.66. The fraction of sp³-hybridized carbons (Fsp3) is 0.292. The van der Waals surface area contributed by atoms with Gasteiger partial charge in [-0.1, -0.05) is 42.5 Å². The summed E-state index contributed by atoms with van der Waals surface area (Å²) in [5.74, 6) is -0.644. The Hall–Kier alpha value is -3.63. The summed E-state index contributed by atoms with van der Waals surface area (Å²) in [5, 5.41) is 15.6. The number of fused-ring (bicyclic) bond motifs is 1. The third-order valence-corrected chi connectivity index (χ3v) is 5.60. The number of allylic oxidation sites excluding steroid dienone is 1. The zero-order chi connectivity index (χ0) is 21.8. The number of carbonyl (C=O) groups excluding carboxylic acids is 1. The maximum atomic E-state index is 12.5. The number of nitrogens with zero attached hydrogens (tertiary/aromatic N) is 2. The molecule has 0 radical (unpaired) electrons. The van der Waals surface area contributed by atoms with Crippen molar-refractivity contribution >= 4 is 17.0 Å². The number of aryl methyl sites for hydroxylation is 1. The lowest BCUT2D eigenvalue weighted by atomic mass is 9.99. The largest absolute Gasteiger partial charge is 0.419 e. The Balaban J connectivity index is 1.44. The zero-order valence-corrected chi connectivity index (χ0v) is 17.3. The molecule has 0 aliphatic carbocycles. The summed E-state index contributed by atoms with van der Waals surface area (Å²) in [6.07, 6.45) is 5.13. The van der Waals surface area contributed by atoms with Crippen molar-refractivity contribution in [3.05, 3.63) is 70.7 Å². The minimum absolute atomic E-state index is 0.0961. The Morgan fingerprint density at radius 3 is 2.81 bits per heavy atom. The molecule has 0 spiro atoms. The highest BCUT2D eigenvalue weighted by molar-refractivity contribution is 5.81. The second-order valence-electron chi connectivity index (χ2n) is 7.76. The van der Waals surface area contributed by atoms with E-state index < -0.39 is 6.04 Å². The molecule has 1 aliphatic rings. The molecule has 31 heavy (non-hydrogen) atoms. The Bertz CT molecular complexity index is 1210. The summed E-state index contributed by atoms with van der Waals surface area (Å²) in [5.41, 5.74) is 4.22. The Morgan fingerprint density at radius 2 is 2.03 bits per heavy atom. The summed E-state index contributed by atoms with van der Waals surface area (Å²) in [6.45, 7) is 1.37. The first-order valence-electron chi connectivity index (χ1n) is 10.3. The van der Waals surface area contributed by atoms with E-state index in [0.29, 0.717) is 25.0 Å². The number of carbonyl (C=O) groups is 1. The first kappa shape index (κ1) is 20.6. The fourth-order valence-corrected chi connectivity index (χ4v) is 3.76. The highest BCUT2D eigenvalue weighted by Crippen LogP contribution is 2.24. The van der Waals surface area contributed by atoms with Crippen LogP contribution in [0.4, 0.5) is 0 Å². The van der Waals surface area contributed by atoms with Crippen LogP contribution in [-0.2, 0) is 18.3 Å². The van der Waals surface area contributed by atoms with Gasteiger partial charge in [0.2, 0.25) is 5.91 Å². The van der Waals surface area contributed by atoms with Crippen LogP contribution in [0.1, 0.15) is 12.0 Å². The van der Waals surface area contributed by atoms with Gasteiger partial charge in [0.15, 0.2) is 5.58 Å². The molecule has 4 rings (SSSR count). The highest BCUT2D eigenvalue weighted by atomic mass is 16.4. The third-order valence-electron chi connectivity index (χ3n) is 5.60. The number of rotatable bonds is 5. The monoisotopic (exact) mass is 416 g/mol. The van der Waals surface area contributed by atoms with Crippen molar-refractivity contribution in [1.82, 2.24) is 15.2 Å². The molecule has 1 unspecified atom stereocenters. The van der Waals surface area contributed by atoms with E-state index >= 15 is 0 Å². The van der Waals surface area contributed by atoms with Gasteiger partial charge in [-0.3, -0.25) is 9.36 Å². The molecular weight excluding hydrogens is 392 g/mol. The molecule has 7 heteroatoms. The van der Waals surface area contributed by atoms with Crippen LogP contribution in [0.2, 0.25) is 0 Å². The molecule has 2 heterocycles. The van der Waals surface area contributed by atoms with Crippen LogP contribution in [0.25, 0.3) is 22.2 Å². The summed E-state index contributed by atoms with van der Waals surface area (Å²) in [4.78, 5) is 24.2. The number of oxazole rings is 1. The van der Waals surface area contributed by atoms with Crippen molar-refractivity contribution in [2.75, 3.05) is 13.1 Å². The fourth-order valence-electron chi connectivity index (χ4n) is 3.76. The smallest absolute Gasteiger partial charge is 0.408 e. The average Bonchev–Trinajstić information content (AvgIpc) is 2.96. The van der Waals surface area contributed by atoms with Gasteiger partial charge in [-0.05, 0) is 35.2 Å². The molecule has 2 aromatic carbocycles. The van der Waals surface area contributed by atoms with Crippen LogP contribution in [0.15, 0.2) is 63.8 Å². The van der Waals surface area contributed by atoms with Crippen molar-refractivity contribution in [2.24, 2.45) is 13.0 Å². The molecule has 0 saturated carbocycles. The van der Waals surface area contributed by atoms with Crippen molar-refractivity contribution in [1.29, 1.82) is 5.26 Å². The van der Waals surface area contributed by atoms with Gasteiger partial charge in [-0.25, -0.2) is 4.79 Å². The van der Waals surface area contributed by atoms with Crippen LogP contribution in [-0.4, -0.2) is 29.6 Å². The minimum atomic E-state index is -0.581. The number of hydrogen-bond donors (Lipinski definition) is 2. The summed E-state index contributed by atoms with van der Waals surface area (Å²) in [6, 6.07) is 15.1. The van der Waals surface area contributed by atoms with E-state index in [-0.39, 0.29) is 17.6 Å². The number of nitriles is 1. The molecule has 7 nitrogen and oxygen atoms in total. The second-order valence-corrected chi connectivity index (χ2v) is 7.76. The molecule has 0 saturated heterocycles. The van der Waals surface area contributed by atoms with Crippen LogP contribution < -0.4 is 16.4 Å². The zero-order valence-electron chi connectivity index (χ0n) is 17.3. The Labute approximate surface area is 180 Å². The molecule has 3 aromatic rings. The topological polar surface area (TPSA) is 100 Å². The average molecular weight is 416 g/mol. The maximum absolute atomic E-state index is 12.5. The van der Waals surface area contributed by atoms with E-state index in [0.717, 1.165) is 28.8 Å². The SMILES string of the molecule is Cn1c(=O)oc2ccc(-c3ccc(C[C@@H](C#N)NC(=O)C4CC=CCNC4)cc3)cc21. The number of aromatic nitrogens is 1. The quantitative estimate of drug-likeness (QED) is 0.623. The lowest BCUT2D eigenvalue weighted by Crippen LogP contribution is -2.42. The second kappa shape index (κ2) is 9.02. The highest BCUT2D eigenvalue weighted by Gasteiger charge is 2.21. The van der Waals surface area contributed by atoms with Crippen LogP contribution in [0.3, 0.4) is 0 Å². The predicted molar refractivity (Wildman–Crippen MR) is 118 cm³/mol. The standard InChI is InChI=1S/C24H24N4O3/c1-28-21-13-18(9-10-22(21)31-24(28)30)17-7-5-16(6-8-17)12-20(14-25)27-23(29)19-4-2-3-11-26-15-19/h2-3,5-10,13,19-20,26H,4,11-12,15H2,1H3,(H,27,29)/t19?,20-/m0/s1. The van der Waals surface area contributed by atoms with Gasteiger partial charge in [-0.2, -0.15) is 5.26 Å². The number of amides is 1. The van der Waals surface area contributed by atoms with E-state index in [1.54, 1.807) is 13.1 Å².